The number of nitrogens with one attached hydrogen (secondary N) is 3. The molecule has 0 radical (unpaired) electrons. The van der Waals surface area contributed by atoms with Crippen molar-refractivity contribution in [1.82, 2.24) is 25.2 Å². The number of hydrogen-bond acceptors (Lipinski definition) is 9. The van der Waals surface area contributed by atoms with Crippen molar-refractivity contribution in [2.24, 2.45) is 5.92 Å². The molecule has 2 aromatic rings. The molecule has 2 fully saturated rings. The van der Waals surface area contributed by atoms with Crippen molar-refractivity contribution in [3.05, 3.63) is 77.6 Å². The summed E-state index contributed by atoms with van der Waals surface area (Å²) in [5.74, 6) is -3.27. The van der Waals surface area contributed by atoms with E-state index in [2.05, 4.69) is 15.4 Å². The molecule has 1 saturated heterocycles. The van der Waals surface area contributed by atoms with Gasteiger partial charge in [0.2, 0.25) is 11.8 Å². The molecule has 0 bridgehead atoms. The number of sulfonamides is 1. The Kier molecular flexibility index (Phi) is 11.0. The molecule has 4 aliphatic rings. The Hall–Kier alpha value is -4.99. The van der Waals surface area contributed by atoms with Crippen LogP contribution in [0.15, 0.2) is 65.6 Å². The van der Waals surface area contributed by atoms with Gasteiger partial charge >= 0.3 is 12.2 Å². The highest BCUT2D eigenvalue weighted by molar-refractivity contribution is 7.90. The third kappa shape index (κ3) is 8.69. The van der Waals surface area contributed by atoms with E-state index in [1.54, 1.807) is 45.0 Å². The monoisotopic (exact) mass is 767 g/mol. The molecule has 3 N–H and O–H groups in total. The summed E-state index contributed by atoms with van der Waals surface area (Å²) < 4.78 is 54.2. The molecule has 290 valence electrons. The summed E-state index contributed by atoms with van der Waals surface area (Å²) in [5, 5.41) is 5.44. The number of amides is 5. The summed E-state index contributed by atoms with van der Waals surface area (Å²) in [7, 11) is -4.29. The Morgan fingerprint density at radius 3 is 2.48 bits per heavy atom. The van der Waals surface area contributed by atoms with Crippen LogP contribution in [-0.4, -0.2) is 84.0 Å². The summed E-state index contributed by atoms with van der Waals surface area (Å²) in [6.07, 6.45) is 3.95. The smallest absolute Gasteiger partial charge is 0.410 e. The van der Waals surface area contributed by atoms with Crippen molar-refractivity contribution in [1.29, 1.82) is 0 Å². The van der Waals surface area contributed by atoms with Crippen molar-refractivity contribution in [2.75, 3.05) is 6.54 Å². The Bertz CT molecular complexity index is 1940. The van der Waals surface area contributed by atoms with Crippen LogP contribution >= 0.6 is 0 Å². The van der Waals surface area contributed by atoms with Crippen LogP contribution in [0.3, 0.4) is 0 Å². The van der Waals surface area contributed by atoms with Crippen molar-refractivity contribution >= 4 is 39.9 Å². The molecule has 0 unspecified atom stereocenters. The van der Waals surface area contributed by atoms with Gasteiger partial charge in [0.15, 0.2) is 0 Å². The first kappa shape index (κ1) is 38.7. The zero-order valence-electron chi connectivity index (χ0n) is 30.5. The standard InChI is InChI=1S/C38H46FN5O9S/c1-37(2,3)53-35(48)40-30-18-11-6-4-5-8-14-25-20-38(25,34(47)42-54(50,51)27-15-9-7-10-16-27)41-32(45)31-19-26(22-44(31)33(30)46)52-36(49)43-21-24-13-12-17-29(39)28(24)23-43/h7-10,12-17,25-26,30-31H,4-6,11,18-23H2,1-3H3,(H,40,48)(H,41,45)(H,42,47)/t25-,26-,30+,31+,38-/m1/s1. The topological polar surface area (TPSA) is 181 Å². The van der Waals surface area contributed by atoms with E-state index in [0.29, 0.717) is 30.4 Å². The summed E-state index contributed by atoms with van der Waals surface area (Å²) in [5.41, 5.74) is -1.47. The lowest BCUT2D eigenvalue weighted by Crippen LogP contribution is -2.58. The number of allylic oxidation sites excluding steroid dienone is 1. The lowest BCUT2D eigenvalue weighted by Gasteiger charge is -2.30. The molecule has 54 heavy (non-hydrogen) atoms. The van der Waals surface area contributed by atoms with E-state index in [9.17, 15) is 36.8 Å². The maximum absolute atomic E-state index is 14.4. The van der Waals surface area contributed by atoms with Crippen LogP contribution in [0.25, 0.3) is 0 Å². The van der Waals surface area contributed by atoms with E-state index in [-0.39, 0.29) is 43.8 Å². The number of fused-ring (bicyclic) bond motifs is 3. The van der Waals surface area contributed by atoms with Gasteiger partial charge in [0, 0.05) is 24.4 Å². The van der Waals surface area contributed by atoms with Crippen molar-refractivity contribution in [2.45, 2.75) is 113 Å². The number of hydrogen-bond donors (Lipinski definition) is 3. The molecule has 14 nitrogen and oxygen atoms in total. The minimum Gasteiger partial charge on any atom is -0.444 e. The first-order valence-corrected chi connectivity index (χ1v) is 19.7. The molecule has 5 atom stereocenters. The van der Waals surface area contributed by atoms with Gasteiger partial charge in [-0.15, -0.1) is 0 Å². The van der Waals surface area contributed by atoms with Crippen LogP contribution in [-0.2, 0) is 47.0 Å². The van der Waals surface area contributed by atoms with Gasteiger partial charge < -0.3 is 25.0 Å². The van der Waals surface area contributed by atoms with Crippen LogP contribution < -0.4 is 15.4 Å². The van der Waals surface area contributed by atoms with Crippen LogP contribution in [0.2, 0.25) is 0 Å². The van der Waals surface area contributed by atoms with Crippen LogP contribution in [0.1, 0.15) is 76.8 Å². The molecule has 5 amide bonds. The predicted octanol–water partition coefficient (Wildman–Crippen LogP) is 4.04. The Morgan fingerprint density at radius 2 is 1.76 bits per heavy atom. The minimum absolute atomic E-state index is 0.0135. The molecule has 2 aromatic carbocycles. The molecule has 16 heteroatoms. The molecule has 0 aromatic heterocycles. The number of benzene rings is 2. The number of alkyl carbamates (subject to hydrolysis) is 1. The average Bonchev–Trinajstić information content (AvgIpc) is 3.40. The number of halogens is 1. The third-order valence-corrected chi connectivity index (χ3v) is 11.4. The molecule has 1 saturated carbocycles. The van der Waals surface area contributed by atoms with E-state index < -0.39 is 81.0 Å². The van der Waals surface area contributed by atoms with Crippen LogP contribution in [0.5, 0.6) is 0 Å². The van der Waals surface area contributed by atoms with Gasteiger partial charge in [-0.1, -0.05) is 55.3 Å². The fourth-order valence-corrected chi connectivity index (χ4v) is 8.27. The van der Waals surface area contributed by atoms with E-state index in [4.69, 9.17) is 9.47 Å². The number of rotatable bonds is 5. The second-order valence-electron chi connectivity index (χ2n) is 15.3. The quantitative estimate of drug-likeness (QED) is 0.379. The zero-order valence-corrected chi connectivity index (χ0v) is 31.3. The SMILES string of the molecule is CC(C)(C)OC(=O)N[C@H]1CCCCCC=C[C@@H]2C[C@@]2(C(=O)NS(=O)(=O)c2ccccc2)NC(=O)[C@@H]2C[C@@H](OC(=O)N3Cc4cccc(F)c4C3)CN2C1=O. The van der Waals surface area contributed by atoms with E-state index in [1.807, 2.05) is 6.08 Å². The fraction of sp³-hybridized carbons (Fsp3) is 0.500. The summed E-state index contributed by atoms with van der Waals surface area (Å²) >= 11 is 0. The second kappa shape index (κ2) is 15.4. The molecular weight excluding hydrogens is 722 g/mol. The summed E-state index contributed by atoms with van der Waals surface area (Å²) in [6, 6.07) is 9.59. The van der Waals surface area contributed by atoms with Crippen molar-refractivity contribution in [3.8, 4) is 0 Å². The summed E-state index contributed by atoms with van der Waals surface area (Å²) in [4.78, 5) is 71.2. The number of nitrogens with zero attached hydrogens (tertiary/aromatic N) is 2. The van der Waals surface area contributed by atoms with Gasteiger partial charge in [0.05, 0.1) is 18.0 Å². The second-order valence-corrected chi connectivity index (χ2v) is 16.9. The van der Waals surface area contributed by atoms with Crippen molar-refractivity contribution < 1.29 is 46.3 Å². The number of carbonyl (C=O) groups excluding carboxylic acids is 5. The fourth-order valence-electron chi connectivity index (χ4n) is 7.21. The first-order valence-electron chi connectivity index (χ1n) is 18.2. The maximum Gasteiger partial charge on any atom is 0.410 e. The van der Waals surface area contributed by atoms with E-state index in [1.165, 1.54) is 40.1 Å². The van der Waals surface area contributed by atoms with Gasteiger partial charge in [-0.3, -0.25) is 19.3 Å². The highest BCUT2D eigenvalue weighted by Crippen LogP contribution is 2.46. The van der Waals surface area contributed by atoms with Crippen molar-refractivity contribution in [3.63, 3.8) is 0 Å². The Labute approximate surface area is 313 Å². The average molecular weight is 768 g/mol. The van der Waals surface area contributed by atoms with Crippen LogP contribution in [0.4, 0.5) is 14.0 Å². The Balaban J connectivity index is 1.26. The van der Waals surface area contributed by atoms with E-state index in [0.717, 1.165) is 6.42 Å². The largest absolute Gasteiger partial charge is 0.444 e. The van der Waals surface area contributed by atoms with Gasteiger partial charge in [-0.05, 0) is 70.2 Å². The van der Waals surface area contributed by atoms with Gasteiger partial charge in [0.25, 0.3) is 15.9 Å². The first-order chi connectivity index (χ1) is 25.6. The van der Waals surface area contributed by atoms with Gasteiger partial charge in [0.1, 0.15) is 35.1 Å². The lowest BCUT2D eigenvalue weighted by atomic mass is 10.0. The molecular formula is C38H46FN5O9S. The lowest BCUT2D eigenvalue weighted by molar-refractivity contribution is -0.141. The Morgan fingerprint density at radius 1 is 1.00 bits per heavy atom. The van der Waals surface area contributed by atoms with Gasteiger partial charge in [-0.25, -0.2) is 27.1 Å². The molecule has 3 heterocycles. The third-order valence-electron chi connectivity index (χ3n) is 10.1. The number of ether oxygens (including phenoxy) is 2. The van der Waals surface area contributed by atoms with Gasteiger partial charge in [-0.2, -0.15) is 0 Å². The predicted molar refractivity (Wildman–Crippen MR) is 192 cm³/mol. The normalized spacial score (nSPS) is 25.9. The molecule has 1 aliphatic carbocycles. The minimum atomic E-state index is -4.29. The highest BCUT2D eigenvalue weighted by Gasteiger charge is 2.61. The number of carbonyl (C=O) groups is 5. The molecule has 6 rings (SSSR count). The molecule has 3 aliphatic heterocycles. The highest BCUT2D eigenvalue weighted by atomic mass is 32.2. The van der Waals surface area contributed by atoms with E-state index >= 15 is 0 Å². The van der Waals surface area contributed by atoms with Crippen LogP contribution in [0, 0.1) is 11.7 Å². The maximum atomic E-state index is 14.4. The molecule has 0 spiro atoms. The summed E-state index contributed by atoms with van der Waals surface area (Å²) in [6.45, 7) is 4.95. The zero-order chi connectivity index (χ0) is 38.8.